The van der Waals surface area contributed by atoms with Gasteiger partial charge in [0, 0.05) is 25.5 Å². The maximum atomic E-state index is 12.7. The van der Waals surface area contributed by atoms with Gasteiger partial charge in [0.2, 0.25) is 10.0 Å². The first-order valence-corrected chi connectivity index (χ1v) is 7.95. The molecule has 0 radical (unpaired) electrons. The predicted molar refractivity (Wildman–Crippen MR) is 72.7 cm³/mol. The third kappa shape index (κ3) is 2.04. The standard InChI is InChI=1S/C12H17N5O2S/c1-9-12(10(2)15-14-9)20(18,19)16-7-4-11(8-16)17-6-3-5-13-17/h3,5-6,11H,4,7-8H2,1-2H3,(H,14,15). The SMILES string of the molecule is Cc1n[nH]c(C)c1S(=O)(=O)N1CCC(n2cccn2)C1. The predicted octanol–water partition coefficient (Wildman–Crippen LogP) is 0.859. The summed E-state index contributed by atoms with van der Waals surface area (Å²) >= 11 is 0. The highest BCUT2D eigenvalue weighted by molar-refractivity contribution is 7.89. The van der Waals surface area contributed by atoms with Gasteiger partial charge in [-0.25, -0.2) is 8.42 Å². The molecule has 2 aromatic heterocycles. The van der Waals surface area contributed by atoms with E-state index in [0.29, 0.717) is 29.4 Å². The van der Waals surface area contributed by atoms with Crippen LogP contribution in [0.15, 0.2) is 23.4 Å². The summed E-state index contributed by atoms with van der Waals surface area (Å²) < 4.78 is 28.7. The average molecular weight is 295 g/mol. The number of sulfonamides is 1. The molecule has 0 amide bonds. The maximum absolute atomic E-state index is 12.7. The number of H-pyrrole nitrogens is 1. The quantitative estimate of drug-likeness (QED) is 0.910. The van der Waals surface area contributed by atoms with Crippen molar-refractivity contribution < 1.29 is 8.42 Å². The van der Waals surface area contributed by atoms with Crippen molar-refractivity contribution in [3.63, 3.8) is 0 Å². The molecular formula is C12H17N5O2S. The second kappa shape index (κ2) is 4.71. The number of rotatable bonds is 3. The summed E-state index contributed by atoms with van der Waals surface area (Å²) in [7, 11) is -3.48. The summed E-state index contributed by atoms with van der Waals surface area (Å²) in [6.45, 7) is 4.40. The minimum Gasteiger partial charge on any atom is -0.281 e. The zero-order valence-corrected chi connectivity index (χ0v) is 12.3. The molecule has 20 heavy (non-hydrogen) atoms. The normalized spacial score (nSPS) is 20.6. The highest BCUT2D eigenvalue weighted by Crippen LogP contribution is 2.29. The van der Waals surface area contributed by atoms with Crippen LogP contribution in [0.1, 0.15) is 23.9 Å². The van der Waals surface area contributed by atoms with Crippen LogP contribution in [0.25, 0.3) is 0 Å². The highest BCUT2D eigenvalue weighted by atomic mass is 32.2. The van der Waals surface area contributed by atoms with Crippen LogP contribution in [0.5, 0.6) is 0 Å². The van der Waals surface area contributed by atoms with Gasteiger partial charge in [0.25, 0.3) is 0 Å². The van der Waals surface area contributed by atoms with E-state index < -0.39 is 10.0 Å². The third-order valence-electron chi connectivity index (χ3n) is 3.68. The Kier molecular flexibility index (Phi) is 3.14. The first-order valence-electron chi connectivity index (χ1n) is 6.51. The molecule has 0 aliphatic carbocycles. The number of nitrogens with zero attached hydrogens (tertiary/aromatic N) is 4. The minimum atomic E-state index is -3.48. The third-order valence-corrected chi connectivity index (χ3v) is 5.81. The molecule has 1 saturated heterocycles. The number of aromatic nitrogens is 4. The van der Waals surface area contributed by atoms with Crippen molar-refractivity contribution >= 4 is 10.0 Å². The first-order chi connectivity index (χ1) is 9.50. The Balaban J connectivity index is 1.87. The monoisotopic (exact) mass is 295 g/mol. The van der Waals surface area contributed by atoms with Crippen LogP contribution in [0.3, 0.4) is 0 Å². The van der Waals surface area contributed by atoms with Gasteiger partial charge in [-0.3, -0.25) is 9.78 Å². The van der Waals surface area contributed by atoms with Crippen LogP contribution < -0.4 is 0 Å². The van der Waals surface area contributed by atoms with Gasteiger partial charge in [-0.1, -0.05) is 0 Å². The van der Waals surface area contributed by atoms with Crippen LogP contribution in [-0.4, -0.2) is 45.8 Å². The molecule has 3 heterocycles. The Bertz CT molecular complexity index is 685. The molecule has 1 aliphatic heterocycles. The second-order valence-corrected chi connectivity index (χ2v) is 6.93. The fourth-order valence-corrected chi connectivity index (χ4v) is 4.52. The van der Waals surface area contributed by atoms with Crippen molar-refractivity contribution in [2.24, 2.45) is 0 Å². The molecule has 7 nitrogen and oxygen atoms in total. The molecule has 0 bridgehead atoms. The average Bonchev–Trinajstić information content (AvgIpc) is 3.08. The van der Waals surface area contributed by atoms with Crippen molar-refractivity contribution in [1.82, 2.24) is 24.3 Å². The van der Waals surface area contributed by atoms with E-state index in [-0.39, 0.29) is 6.04 Å². The van der Waals surface area contributed by atoms with Crippen LogP contribution >= 0.6 is 0 Å². The van der Waals surface area contributed by atoms with Gasteiger partial charge in [0.15, 0.2) is 0 Å². The first kappa shape index (κ1) is 13.3. The topological polar surface area (TPSA) is 83.9 Å². The van der Waals surface area contributed by atoms with E-state index in [9.17, 15) is 8.42 Å². The van der Waals surface area contributed by atoms with E-state index in [4.69, 9.17) is 0 Å². The van der Waals surface area contributed by atoms with Crippen LogP contribution in [0, 0.1) is 13.8 Å². The van der Waals surface area contributed by atoms with Crippen molar-refractivity contribution in [1.29, 1.82) is 0 Å². The summed E-state index contributed by atoms with van der Waals surface area (Å²) in [5.74, 6) is 0. The second-order valence-electron chi connectivity index (χ2n) is 5.05. The summed E-state index contributed by atoms with van der Waals surface area (Å²) in [6.07, 6.45) is 4.35. The maximum Gasteiger partial charge on any atom is 0.246 e. The smallest absolute Gasteiger partial charge is 0.246 e. The fourth-order valence-electron chi connectivity index (χ4n) is 2.69. The number of nitrogens with one attached hydrogen (secondary N) is 1. The van der Waals surface area contributed by atoms with E-state index in [1.54, 1.807) is 20.0 Å². The molecule has 1 unspecified atom stereocenters. The molecule has 0 aromatic carbocycles. The lowest BCUT2D eigenvalue weighted by Crippen LogP contribution is -2.30. The Morgan fingerprint density at radius 3 is 2.80 bits per heavy atom. The Morgan fingerprint density at radius 1 is 1.40 bits per heavy atom. The molecule has 1 N–H and O–H groups in total. The summed E-state index contributed by atoms with van der Waals surface area (Å²) in [5.41, 5.74) is 1.11. The Hall–Kier alpha value is -1.67. The molecule has 108 valence electrons. The van der Waals surface area contributed by atoms with Gasteiger partial charge in [-0.05, 0) is 26.3 Å². The molecule has 3 rings (SSSR count). The van der Waals surface area contributed by atoms with Gasteiger partial charge >= 0.3 is 0 Å². The van der Waals surface area contributed by atoms with E-state index >= 15 is 0 Å². The summed E-state index contributed by atoms with van der Waals surface area (Å²) in [5, 5.41) is 10.9. The van der Waals surface area contributed by atoms with Crippen LogP contribution in [0.4, 0.5) is 0 Å². The number of hydrogen-bond acceptors (Lipinski definition) is 4. The molecule has 0 saturated carbocycles. The van der Waals surface area contributed by atoms with Gasteiger partial charge in [0.1, 0.15) is 4.90 Å². The van der Waals surface area contributed by atoms with Crippen molar-refractivity contribution in [2.75, 3.05) is 13.1 Å². The van der Waals surface area contributed by atoms with Crippen LogP contribution in [-0.2, 0) is 10.0 Å². The Morgan fingerprint density at radius 2 is 2.20 bits per heavy atom. The minimum absolute atomic E-state index is 0.104. The van der Waals surface area contributed by atoms with E-state index in [0.717, 1.165) is 6.42 Å². The van der Waals surface area contributed by atoms with Crippen LogP contribution in [0.2, 0.25) is 0 Å². The fraction of sp³-hybridized carbons (Fsp3) is 0.500. The zero-order chi connectivity index (χ0) is 14.3. The van der Waals surface area contributed by atoms with Gasteiger partial charge in [-0.15, -0.1) is 0 Å². The summed E-state index contributed by atoms with van der Waals surface area (Å²) in [4.78, 5) is 0.304. The van der Waals surface area contributed by atoms with Gasteiger partial charge in [-0.2, -0.15) is 14.5 Å². The lowest BCUT2D eigenvalue weighted by molar-refractivity contribution is 0.434. The summed E-state index contributed by atoms with van der Waals surface area (Å²) in [6, 6.07) is 1.95. The van der Waals surface area contributed by atoms with Crippen molar-refractivity contribution in [2.45, 2.75) is 31.2 Å². The molecule has 1 atom stereocenters. The lowest BCUT2D eigenvalue weighted by atomic mass is 10.3. The molecule has 1 fully saturated rings. The lowest BCUT2D eigenvalue weighted by Gasteiger charge is -2.16. The molecule has 2 aromatic rings. The largest absolute Gasteiger partial charge is 0.281 e. The Labute approximate surface area is 117 Å². The zero-order valence-electron chi connectivity index (χ0n) is 11.4. The van der Waals surface area contributed by atoms with Gasteiger partial charge < -0.3 is 0 Å². The van der Waals surface area contributed by atoms with E-state index in [1.165, 1.54) is 4.31 Å². The van der Waals surface area contributed by atoms with Crippen molar-refractivity contribution in [3.05, 3.63) is 29.8 Å². The number of aryl methyl sites for hydroxylation is 2. The molecule has 0 spiro atoms. The molecule has 1 aliphatic rings. The van der Waals surface area contributed by atoms with E-state index in [1.807, 2.05) is 16.9 Å². The number of aromatic amines is 1. The molecular weight excluding hydrogens is 278 g/mol. The molecule has 8 heteroatoms. The highest BCUT2D eigenvalue weighted by Gasteiger charge is 2.36. The van der Waals surface area contributed by atoms with Gasteiger partial charge in [0.05, 0.1) is 17.4 Å². The van der Waals surface area contributed by atoms with Crippen molar-refractivity contribution in [3.8, 4) is 0 Å². The number of hydrogen-bond donors (Lipinski definition) is 1. The van der Waals surface area contributed by atoms with E-state index in [2.05, 4.69) is 15.3 Å².